The minimum Gasteiger partial charge on any atom is -0.507 e. The Hall–Kier alpha value is -0.290. The predicted molar refractivity (Wildman–Crippen MR) is 67.3 cm³/mol. The lowest BCUT2D eigenvalue weighted by Gasteiger charge is -2.10. The molecule has 0 bridgehead atoms. The number of hydrogen-bond acceptors (Lipinski definition) is 2. The number of phenols is 1. The van der Waals surface area contributed by atoms with Crippen LogP contribution in [0.25, 0.3) is 0 Å². The fourth-order valence-electron chi connectivity index (χ4n) is 1.46. The Morgan fingerprint density at radius 3 is 2.57 bits per heavy atom. The average molecular weight is 305 g/mol. The topological polar surface area (TPSA) is 46.2 Å². The van der Waals surface area contributed by atoms with E-state index < -0.39 is 0 Å². The molecule has 0 radical (unpaired) electrons. The summed E-state index contributed by atoms with van der Waals surface area (Å²) >= 11 is 2.14. The van der Waals surface area contributed by atoms with Crippen LogP contribution in [0.15, 0.2) is 12.1 Å². The van der Waals surface area contributed by atoms with E-state index >= 15 is 0 Å². The maximum atomic E-state index is 9.67. The molecule has 1 aromatic rings. The SMILES string of the molecule is CC(C)Cc1cc(I)c(O)c(CN)c1. The number of nitrogens with two attached hydrogens (primary N) is 1. The monoisotopic (exact) mass is 305 g/mol. The van der Waals surface area contributed by atoms with Gasteiger partial charge in [-0.05, 0) is 46.6 Å². The highest BCUT2D eigenvalue weighted by Gasteiger charge is 2.07. The zero-order valence-corrected chi connectivity index (χ0v) is 10.7. The van der Waals surface area contributed by atoms with Crippen LogP contribution in [0.3, 0.4) is 0 Å². The van der Waals surface area contributed by atoms with Gasteiger partial charge in [-0.3, -0.25) is 0 Å². The van der Waals surface area contributed by atoms with Gasteiger partial charge in [0, 0.05) is 12.1 Å². The molecule has 0 fully saturated rings. The Bertz CT molecular complexity index is 323. The van der Waals surface area contributed by atoms with Crippen molar-refractivity contribution in [2.24, 2.45) is 11.7 Å². The highest BCUT2D eigenvalue weighted by molar-refractivity contribution is 14.1. The smallest absolute Gasteiger partial charge is 0.133 e. The van der Waals surface area contributed by atoms with Crippen LogP contribution < -0.4 is 5.73 Å². The zero-order valence-electron chi connectivity index (χ0n) is 8.55. The number of rotatable bonds is 3. The van der Waals surface area contributed by atoms with Crippen LogP contribution in [0, 0.1) is 9.49 Å². The van der Waals surface area contributed by atoms with Crippen molar-refractivity contribution < 1.29 is 5.11 Å². The quantitative estimate of drug-likeness (QED) is 0.843. The third-order valence-electron chi connectivity index (χ3n) is 2.07. The van der Waals surface area contributed by atoms with Crippen molar-refractivity contribution in [3.63, 3.8) is 0 Å². The molecule has 78 valence electrons. The molecule has 0 aliphatic heterocycles. The summed E-state index contributed by atoms with van der Waals surface area (Å²) in [4.78, 5) is 0. The van der Waals surface area contributed by atoms with Gasteiger partial charge < -0.3 is 10.8 Å². The largest absolute Gasteiger partial charge is 0.507 e. The molecule has 0 aromatic heterocycles. The van der Waals surface area contributed by atoms with Crippen molar-refractivity contribution in [2.75, 3.05) is 0 Å². The maximum absolute atomic E-state index is 9.67. The van der Waals surface area contributed by atoms with Crippen molar-refractivity contribution in [2.45, 2.75) is 26.8 Å². The van der Waals surface area contributed by atoms with E-state index in [1.165, 1.54) is 5.56 Å². The summed E-state index contributed by atoms with van der Waals surface area (Å²) in [5.41, 5.74) is 7.65. The minimum absolute atomic E-state index is 0.334. The summed E-state index contributed by atoms with van der Waals surface area (Å²) in [6.07, 6.45) is 1.03. The number of halogens is 1. The van der Waals surface area contributed by atoms with Gasteiger partial charge in [0.25, 0.3) is 0 Å². The van der Waals surface area contributed by atoms with Crippen LogP contribution in [0.5, 0.6) is 5.75 Å². The van der Waals surface area contributed by atoms with E-state index in [0.29, 0.717) is 18.2 Å². The highest BCUT2D eigenvalue weighted by Crippen LogP contribution is 2.26. The Morgan fingerprint density at radius 2 is 2.07 bits per heavy atom. The first-order chi connectivity index (χ1) is 6.54. The standard InChI is InChI=1S/C11H16INO/c1-7(2)3-8-4-9(6-13)11(14)10(12)5-8/h4-5,7,14H,3,6,13H2,1-2H3. The Kier molecular flexibility index (Phi) is 4.19. The Balaban J connectivity index is 3.03. The van der Waals surface area contributed by atoms with Gasteiger partial charge in [0.15, 0.2) is 0 Å². The number of phenolic OH excluding ortho intramolecular Hbond substituents is 1. The summed E-state index contributed by atoms with van der Waals surface area (Å²) in [6.45, 7) is 4.76. The van der Waals surface area contributed by atoms with E-state index in [1.54, 1.807) is 0 Å². The van der Waals surface area contributed by atoms with Gasteiger partial charge in [0.05, 0.1) is 3.57 Å². The van der Waals surface area contributed by atoms with Gasteiger partial charge >= 0.3 is 0 Å². The van der Waals surface area contributed by atoms with Crippen molar-refractivity contribution in [3.8, 4) is 5.75 Å². The van der Waals surface area contributed by atoms with Gasteiger partial charge in [0.2, 0.25) is 0 Å². The van der Waals surface area contributed by atoms with Crippen LogP contribution in [0.4, 0.5) is 0 Å². The molecular weight excluding hydrogens is 289 g/mol. The molecular formula is C11H16INO. The van der Waals surface area contributed by atoms with Crippen molar-refractivity contribution in [1.29, 1.82) is 0 Å². The molecule has 3 N–H and O–H groups in total. The molecule has 2 nitrogen and oxygen atoms in total. The maximum Gasteiger partial charge on any atom is 0.133 e. The van der Waals surface area contributed by atoms with E-state index in [2.05, 4.69) is 36.4 Å². The van der Waals surface area contributed by atoms with E-state index in [-0.39, 0.29) is 0 Å². The summed E-state index contributed by atoms with van der Waals surface area (Å²) in [6, 6.07) is 4.02. The molecule has 3 heteroatoms. The molecule has 0 amide bonds. The molecule has 0 heterocycles. The second kappa shape index (κ2) is 4.98. The summed E-state index contributed by atoms with van der Waals surface area (Å²) < 4.78 is 0.890. The van der Waals surface area contributed by atoms with Crippen LogP contribution in [-0.2, 0) is 13.0 Å². The highest BCUT2D eigenvalue weighted by atomic mass is 127. The lowest BCUT2D eigenvalue weighted by molar-refractivity contribution is 0.464. The molecule has 0 aliphatic carbocycles. The van der Waals surface area contributed by atoms with Gasteiger partial charge in [-0.25, -0.2) is 0 Å². The second-order valence-corrected chi connectivity index (χ2v) is 5.05. The molecule has 0 saturated heterocycles. The third kappa shape index (κ3) is 2.85. The molecule has 0 spiro atoms. The first-order valence-corrected chi connectivity index (χ1v) is 5.82. The van der Waals surface area contributed by atoms with Crippen molar-refractivity contribution in [3.05, 3.63) is 26.8 Å². The molecule has 0 aliphatic rings. The molecule has 0 saturated carbocycles. The molecule has 1 aromatic carbocycles. The lowest BCUT2D eigenvalue weighted by Crippen LogP contribution is -2.01. The van der Waals surface area contributed by atoms with E-state index in [4.69, 9.17) is 5.73 Å². The number of aromatic hydroxyl groups is 1. The van der Waals surface area contributed by atoms with Crippen LogP contribution >= 0.6 is 22.6 Å². The van der Waals surface area contributed by atoms with Crippen LogP contribution in [0.2, 0.25) is 0 Å². The first-order valence-electron chi connectivity index (χ1n) is 4.75. The van der Waals surface area contributed by atoms with Crippen molar-refractivity contribution >= 4 is 22.6 Å². The summed E-state index contributed by atoms with van der Waals surface area (Å²) in [7, 11) is 0. The van der Waals surface area contributed by atoms with E-state index in [1.807, 2.05) is 12.1 Å². The van der Waals surface area contributed by atoms with Gasteiger partial charge in [-0.15, -0.1) is 0 Å². The molecule has 1 rings (SSSR count). The van der Waals surface area contributed by atoms with Gasteiger partial charge in [-0.1, -0.05) is 19.9 Å². The zero-order chi connectivity index (χ0) is 10.7. The van der Waals surface area contributed by atoms with E-state index in [0.717, 1.165) is 15.6 Å². The summed E-state index contributed by atoms with van der Waals surface area (Å²) in [5, 5.41) is 9.67. The fraction of sp³-hybridized carbons (Fsp3) is 0.455. The van der Waals surface area contributed by atoms with Gasteiger partial charge in [0.1, 0.15) is 5.75 Å². The Labute approximate surface area is 98.7 Å². The van der Waals surface area contributed by atoms with Crippen LogP contribution in [-0.4, -0.2) is 5.11 Å². The first kappa shape index (κ1) is 11.8. The predicted octanol–water partition coefficient (Wildman–Crippen LogP) is 2.65. The minimum atomic E-state index is 0.334. The molecule has 0 atom stereocenters. The normalized spacial score (nSPS) is 10.9. The fourth-order valence-corrected chi connectivity index (χ4v) is 2.21. The third-order valence-corrected chi connectivity index (χ3v) is 2.89. The number of hydrogen-bond donors (Lipinski definition) is 2. The van der Waals surface area contributed by atoms with Gasteiger partial charge in [-0.2, -0.15) is 0 Å². The van der Waals surface area contributed by atoms with E-state index in [9.17, 15) is 5.11 Å². The second-order valence-electron chi connectivity index (χ2n) is 3.89. The van der Waals surface area contributed by atoms with Crippen LogP contribution in [0.1, 0.15) is 25.0 Å². The number of benzene rings is 1. The molecule has 14 heavy (non-hydrogen) atoms. The lowest BCUT2D eigenvalue weighted by atomic mass is 10.0. The summed E-state index contributed by atoms with van der Waals surface area (Å²) in [5.74, 6) is 0.960. The Morgan fingerprint density at radius 1 is 1.43 bits per heavy atom. The van der Waals surface area contributed by atoms with Crippen molar-refractivity contribution in [1.82, 2.24) is 0 Å². The average Bonchev–Trinajstić information content (AvgIpc) is 2.10. The molecule has 0 unspecified atom stereocenters.